The molecule has 3 rings (SSSR count). The van der Waals surface area contributed by atoms with Crippen LogP contribution in [0.2, 0.25) is 0 Å². The third-order valence-corrected chi connectivity index (χ3v) is 6.72. The molecule has 0 aliphatic carbocycles. The number of rotatable bonds is 9. The zero-order valence-electron chi connectivity index (χ0n) is 19.2. The van der Waals surface area contributed by atoms with Crippen molar-refractivity contribution < 1.29 is 35.9 Å². The topological polar surface area (TPSA) is 97.3 Å². The molecule has 0 spiro atoms. The van der Waals surface area contributed by atoms with Crippen molar-refractivity contribution in [3.05, 3.63) is 83.9 Å². The van der Waals surface area contributed by atoms with Crippen molar-refractivity contribution in [3.63, 3.8) is 0 Å². The van der Waals surface area contributed by atoms with E-state index in [0.29, 0.717) is 5.75 Å². The SMILES string of the molecule is COc1ccc(N(CC(=O)N/N=C\c2ccccc2C(F)(F)F)S(=O)(=O)c2ccccc2)cc1OC. The molecule has 0 fully saturated rings. The molecule has 0 atom stereocenters. The summed E-state index contributed by atoms with van der Waals surface area (Å²) in [4.78, 5) is 12.6. The number of alkyl halides is 3. The molecule has 0 saturated carbocycles. The average molecular weight is 522 g/mol. The van der Waals surface area contributed by atoms with E-state index in [1.54, 1.807) is 6.07 Å². The van der Waals surface area contributed by atoms with Gasteiger partial charge in [0, 0.05) is 11.6 Å². The number of benzene rings is 3. The summed E-state index contributed by atoms with van der Waals surface area (Å²) < 4.78 is 77.5. The van der Waals surface area contributed by atoms with Gasteiger partial charge in [-0.2, -0.15) is 18.3 Å². The van der Waals surface area contributed by atoms with Crippen LogP contribution in [-0.2, 0) is 21.0 Å². The third-order valence-electron chi connectivity index (χ3n) is 4.93. The number of methoxy groups -OCH3 is 2. The summed E-state index contributed by atoms with van der Waals surface area (Å²) in [7, 11) is -1.43. The highest BCUT2D eigenvalue weighted by Crippen LogP contribution is 2.34. The lowest BCUT2D eigenvalue weighted by molar-refractivity contribution is -0.137. The van der Waals surface area contributed by atoms with Gasteiger partial charge in [0.1, 0.15) is 6.54 Å². The number of amides is 1. The summed E-state index contributed by atoms with van der Waals surface area (Å²) in [6, 6.07) is 16.4. The van der Waals surface area contributed by atoms with Gasteiger partial charge < -0.3 is 9.47 Å². The molecule has 36 heavy (non-hydrogen) atoms. The Morgan fingerprint density at radius 1 is 0.972 bits per heavy atom. The number of hydrazone groups is 1. The predicted octanol–water partition coefficient (Wildman–Crippen LogP) is 4.07. The van der Waals surface area contributed by atoms with E-state index in [1.807, 2.05) is 0 Å². The molecule has 0 unspecified atom stereocenters. The number of nitrogens with zero attached hydrogens (tertiary/aromatic N) is 2. The maximum Gasteiger partial charge on any atom is 0.417 e. The Labute approximate surface area is 206 Å². The van der Waals surface area contributed by atoms with Crippen molar-refractivity contribution in [2.45, 2.75) is 11.1 Å². The fourth-order valence-corrected chi connectivity index (χ4v) is 4.66. The molecule has 1 N–H and O–H groups in total. The van der Waals surface area contributed by atoms with Gasteiger partial charge >= 0.3 is 6.18 Å². The Morgan fingerprint density at radius 3 is 2.25 bits per heavy atom. The fourth-order valence-electron chi connectivity index (χ4n) is 3.22. The highest BCUT2D eigenvalue weighted by atomic mass is 32.2. The maximum atomic E-state index is 13.4. The Kier molecular flexibility index (Phi) is 8.20. The number of anilines is 1. The number of carbonyl (C=O) groups excluding carboxylic acids is 1. The average Bonchev–Trinajstić information content (AvgIpc) is 2.87. The lowest BCUT2D eigenvalue weighted by Gasteiger charge is -2.24. The molecule has 0 heterocycles. The van der Waals surface area contributed by atoms with E-state index in [-0.39, 0.29) is 21.9 Å². The zero-order valence-corrected chi connectivity index (χ0v) is 20.0. The molecule has 0 aliphatic rings. The molecule has 0 saturated heterocycles. The summed E-state index contributed by atoms with van der Waals surface area (Å²) in [5, 5.41) is 3.59. The molecule has 0 bridgehead atoms. The van der Waals surface area contributed by atoms with Gasteiger partial charge in [-0.05, 0) is 30.3 Å². The summed E-state index contributed by atoms with van der Waals surface area (Å²) in [5.74, 6) is -0.314. The van der Waals surface area contributed by atoms with Crippen LogP contribution in [0.5, 0.6) is 11.5 Å². The van der Waals surface area contributed by atoms with Crippen LogP contribution in [0.4, 0.5) is 18.9 Å². The minimum absolute atomic E-state index is 0.0739. The van der Waals surface area contributed by atoms with E-state index in [2.05, 4.69) is 10.5 Å². The van der Waals surface area contributed by atoms with E-state index in [9.17, 15) is 26.4 Å². The fraction of sp³-hybridized carbons (Fsp3) is 0.167. The van der Waals surface area contributed by atoms with Gasteiger partial charge in [0.25, 0.3) is 15.9 Å². The molecule has 0 aromatic heterocycles. The van der Waals surface area contributed by atoms with Crippen molar-refractivity contribution in [1.82, 2.24) is 5.43 Å². The molecule has 3 aromatic rings. The van der Waals surface area contributed by atoms with Gasteiger partial charge in [-0.25, -0.2) is 13.8 Å². The predicted molar refractivity (Wildman–Crippen MR) is 128 cm³/mol. The zero-order chi connectivity index (χ0) is 26.3. The van der Waals surface area contributed by atoms with Gasteiger partial charge in [-0.1, -0.05) is 36.4 Å². The van der Waals surface area contributed by atoms with Gasteiger partial charge in [-0.15, -0.1) is 0 Å². The van der Waals surface area contributed by atoms with Crippen molar-refractivity contribution in [3.8, 4) is 11.5 Å². The molecule has 0 radical (unpaired) electrons. The standard InChI is InChI=1S/C24H22F3N3O5S/c1-34-21-13-12-18(14-22(21)35-2)30(36(32,33)19-9-4-3-5-10-19)16-23(31)29-28-15-17-8-6-7-11-20(17)24(25,26)27/h3-15H,16H2,1-2H3,(H,29,31)/b28-15-. The van der Waals surface area contributed by atoms with Crippen molar-refractivity contribution >= 4 is 27.8 Å². The summed E-state index contributed by atoms with van der Waals surface area (Å²) in [5.41, 5.74) is 0.987. The first-order chi connectivity index (χ1) is 17.1. The van der Waals surface area contributed by atoms with Gasteiger partial charge in [0.2, 0.25) is 0 Å². The van der Waals surface area contributed by atoms with Crippen LogP contribution in [0.25, 0.3) is 0 Å². The number of nitrogens with one attached hydrogen (secondary N) is 1. The van der Waals surface area contributed by atoms with E-state index in [0.717, 1.165) is 16.6 Å². The van der Waals surface area contributed by atoms with Crippen LogP contribution in [0.1, 0.15) is 11.1 Å². The van der Waals surface area contributed by atoms with E-state index < -0.39 is 34.2 Å². The summed E-state index contributed by atoms with van der Waals surface area (Å²) in [6.45, 7) is -0.717. The van der Waals surface area contributed by atoms with Gasteiger partial charge in [0.05, 0.1) is 36.6 Å². The number of hydrogen-bond acceptors (Lipinski definition) is 6. The van der Waals surface area contributed by atoms with Gasteiger partial charge in [-0.3, -0.25) is 9.10 Å². The lowest BCUT2D eigenvalue weighted by Crippen LogP contribution is -2.39. The second kappa shape index (κ2) is 11.1. The molecular formula is C24H22F3N3O5S. The minimum atomic E-state index is -4.61. The van der Waals surface area contributed by atoms with Crippen LogP contribution in [0.3, 0.4) is 0 Å². The molecule has 12 heteroatoms. The monoisotopic (exact) mass is 521 g/mol. The second-order valence-electron chi connectivity index (χ2n) is 7.24. The van der Waals surface area contributed by atoms with Crippen LogP contribution in [-0.4, -0.2) is 41.3 Å². The van der Waals surface area contributed by atoms with E-state index in [4.69, 9.17) is 9.47 Å². The highest BCUT2D eigenvalue weighted by molar-refractivity contribution is 7.92. The normalized spacial score (nSPS) is 11.8. The first-order valence-electron chi connectivity index (χ1n) is 10.4. The van der Waals surface area contributed by atoms with Crippen LogP contribution in [0, 0.1) is 0 Å². The van der Waals surface area contributed by atoms with E-state index >= 15 is 0 Å². The number of sulfonamides is 1. The van der Waals surface area contributed by atoms with Crippen molar-refractivity contribution in [1.29, 1.82) is 0 Å². The smallest absolute Gasteiger partial charge is 0.417 e. The first kappa shape index (κ1) is 26.5. The van der Waals surface area contributed by atoms with Crippen LogP contribution >= 0.6 is 0 Å². The molecule has 190 valence electrons. The lowest BCUT2D eigenvalue weighted by atomic mass is 10.1. The minimum Gasteiger partial charge on any atom is -0.493 e. The Hall–Kier alpha value is -4.06. The Morgan fingerprint density at radius 2 is 1.61 bits per heavy atom. The van der Waals surface area contributed by atoms with Crippen LogP contribution < -0.4 is 19.2 Å². The first-order valence-corrected chi connectivity index (χ1v) is 11.8. The van der Waals surface area contributed by atoms with Crippen molar-refractivity contribution in [2.75, 3.05) is 25.1 Å². The molecular weight excluding hydrogens is 499 g/mol. The van der Waals surface area contributed by atoms with Crippen LogP contribution in [0.15, 0.2) is 82.8 Å². The summed E-state index contributed by atoms with van der Waals surface area (Å²) in [6.07, 6.45) is -3.77. The van der Waals surface area contributed by atoms with Crippen molar-refractivity contribution in [2.24, 2.45) is 5.10 Å². The number of ether oxygens (including phenoxy) is 2. The number of hydrogen-bond donors (Lipinski definition) is 1. The quantitative estimate of drug-likeness (QED) is 0.338. The maximum absolute atomic E-state index is 13.4. The van der Waals surface area contributed by atoms with E-state index in [1.165, 1.54) is 74.9 Å². The molecule has 1 amide bonds. The summed E-state index contributed by atoms with van der Waals surface area (Å²) >= 11 is 0. The largest absolute Gasteiger partial charge is 0.493 e. The second-order valence-corrected chi connectivity index (χ2v) is 9.10. The van der Waals surface area contributed by atoms with Gasteiger partial charge in [0.15, 0.2) is 11.5 Å². The third kappa shape index (κ3) is 6.13. The highest BCUT2D eigenvalue weighted by Gasteiger charge is 2.32. The molecule has 3 aromatic carbocycles. The Bertz CT molecular complexity index is 1350. The Balaban J connectivity index is 1.90. The number of carbonyl (C=O) groups is 1. The number of halogens is 3. The molecule has 8 nitrogen and oxygen atoms in total. The molecule has 0 aliphatic heterocycles.